The summed E-state index contributed by atoms with van der Waals surface area (Å²) in [5.41, 5.74) is 0. The second-order valence-corrected chi connectivity index (χ2v) is 3.81. The van der Waals surface area contributed by atoms with Gasteiger partial charge in [-0.25, -0.2) is 0 Å². The normalized spacial score (nSPS) is 23.5. The monoisotopic (exact) mass is 201 g/mol. The Hall–Kier alpha value is -0.610. The van der Waals surface area contributed by atoms with Crippen molar-refractivity contribution in [2.45, 2.75) is 19.4 Å². The number of likely N-dealkylation sites (N-methyl/N-ethyl adjacent to an activating group) is 1. The van der Waals surface area contributed by atoms with Crippen LogP contribution in [-0.4, -0.2) is 50.8 Å². The Bertz CT molecular complexity index is 190. The fourth-order valence-corrected chi connectivity index (χ4v) is 1.59. The van der Waals surface area contributed by atoms with Gasteiger partial charge in [0.15, 0.2) is 0 Å². The quantitative estimate of drug-likeness (QED) is 0.665. The van der Waals surface area contributed by atoms with Crippen LogP contribution in [0, 0.1) is 5.92 Å². The van der Waals surface area contributed by atoms with E-state index in [1.807, 2.05) is 14.0 Å². The van der Waals surface area contributed by atoms with Crippen molar-refractivity contribution in [2.75, 3.05) is 34.0 Å². The summed E-state index contributed by atoms with van der Waals surface area (Å²) >= 11 is 0. The van der Waals surface area contributed by atoms with E-state index in [1.165, 1.54) is 0 Å². The van der Waals surface area contributed by atoms with Gasteiger partial charge >= 0.3 is 0 Å². The lowest BCUT2D eigenvalue weighted by Gasteiger charge is -2.26. The molecule has 0 radical (unpaired) electrons. The Morgan fingerprint density at radius 3 is 2.93 bits per heavy atom. The fourth-order valence-electron chi connectivity index (χ4n) is 1.59. The van der Waals surface area contributed by atoms with Crippen molar-refractivity contribution in [3.63, 3.8) is 0 Å². The highest BCUT2D eigenvalue weighted by molar-refractivity contribution is 5.79. The molecule has 0 aromatic rings. The average Bonchev–Trinajstić information content (AvgIpc) is 2.68. The highest BCUT2D eigenvalue weighted by atomic mass is 16.5. The highest BCUT2D eigenvalue weighted by Gasteiger charge is 2.28. The lowest BCUT2D eigenvalue weighted by Crippen LogP contribution is -2.41. The van der Waals surface area contributed by atoms with Crippen LogP contribution < -0.4 is 0 Å². The molecule has 0 saturated carbocycles. The van der Waals surface area contributed by atoms with E-state index in [-0.39, 0.29) is 17.9 Å². The summed E-state index contributed by atoms with van der Waals surface area (Å²) in [6, 6.07) is 0.133. The molecule has 4 heteroatoms. The minimum atomic E-state index is 0.0549. The lowest BCUT2D eigenvalue weighted by molar-refractivity contribution is -0.136. The van der Waals surface area contributed by atoms with Crippen LogP contribution in [0.5, 0.6) is 0 Å². The van der Waals surface area contributed by atoms with Gasteiger partial charge in [0.1, 0.15) is 0 Å². The van der Waals surface area contributed by atoms with Gasteiger partial charge < -0.3 is 14.4 Å². The van der Waals surface area contributed by atoms with Crippen LogP contribution in [0.15, 0.2) is 0 Å². The summed E-state index contributed by atoms with van der Waals surface area (Å²) in [5.74, 6) is 0.228. The van der Waals surface area contributed by atoms with Crippen molar-refractivity contribution in [1.82, 2.24) is 4.90 Å². The van der Waals surface area contributed by atoms with Gasteiger partial charge in [-0.15, -0.1) is 0 Å². The first-order valence-electron chi connectivity index (χ1n) is 5.00. The first-order valence-corrected chi connectivity index (χ1v) is 5.00. The standard InChI is InChI=1S/C10H19NO3/c1-8(6-13-3)11(2)10(12)9-4-5-14-7-9/h8-9H,4-7H2,1-3H3. The van der Waals surface area contributed by atoms with Crippen molar-refractivity contribution >= 4 is 5.91 Å². The fraction of sp³-hybridized carbons (Fsp3) is 0.900. The van der Waals surface area contributed by atoms with Crippen LogP contribution in [-0.2, 0) is 14.3 Å². The Morgan fingerprint density at radius 2 is 2.43 bits per heavy atom. The topological polar surface area (TPSA) is 38.8 Å². The van der Waals surface area contributed by atoms with E-state index in [9.17, 15) is 4.79 Å². The molecule has 1 heterocycles. The maximum atomic E-state index is 11.9. The zero-order valence-electron chi connectivity index (χ0n) is 9.16. The molecule has 1 aliphatic rings. The summed E-state index contributed by atoms with van der Waals surface area (Å²) in [5, 5.41) is 0. The molecular formula is C10H19NO3. The molecule has 0 bridgehead atoms. The number of rotatable bonds is 4. The Morgan fingerprint density at radius 1 is 1.71 bits per heavy atom. The SMILES string of the molecule is COCC(C)N(C)C(=O)C1CCOC1. The molecule has 1 saturated heterocycles. The smallest absolute Gasteiger partial charge is 0.228 e. The van der Waals surface area contributed by atoms with Crippen molar-refractivity contribution in [3.05, 3.63) is 0 Å². The van der Waals surface area contributed by atoms with Crippen LogP contribution in [0.25, 0.3) is 0 Å². The van der Waals surface area contributed by atoms with E-state index in [0.717, 1.165) is 6.42 Å². The maximum Gasteiger partial charge on any atom is 0.228 e. The second-order valence-electron chi connectivity index (χ2n) is 3.81. The predicted octanol–water partition coefficient (Wildman–Crippen LogP) is 0.516. The van der Waals surface area contributed by atoms with Crippen molar-refractivity contribution < 1.29 is 14.3 Å². The average molecular weight is 201 g/mol. The third kappa shape index (κ3) is 2.69. The molecule has 1 rings (SSSR count). The van der Waals surface area contributed by atoms with E-state index >= 15 is 0 Å². The van der Waals surface area contributed by atoms with Crippen molar-refractivity contribution in [1.29, 1.82) is 0 Å². The van der Waals surface area contributed by atoms with Crippen molar-refractivity contribution in [3.8, 4) is 0 Å². The third-order valence-corrected chi connectivity index (χ3v) is 2.70. The summed E-state index contributed by atoms with van der Waals surface area (Å²) in [4.78, 5) is 13.6. The zero-order valence-corrected chi connectivity index (χ0v) is 9.16. The molecule has 1 amide bonds. The number of ether oxygens (including phenoxy) is 2. The lowest BCUT2D eigenvalue weighted by atomic mass is 10.1. The van der Waals surface area contributed by atoms with Crippen LogP contribution in [0.4, 0.5) is 0 Å². The summed E-state index contributed by atoms with van der Waals surface area (Å²) < 4.78 is 10.2. The zero-order chi connectivity index (χ0) is 10.6. The van der Waals surface area contributed by atoms with Gasteiger partial charge in [0.2, 0.25) is 5.91 Å². The third-order valence-electron chi connectivity index (χ3n) is 2.70. The second kappa shape index (κ2) is 5.32. The molecule has 2 atom stereocenters. The highest BCUT2D eigenvalue weighted by Crippen LogP contribution is 2.16. The van der Waals surface area contributed by atoms with Gasteiger partial charge in [-0.1, -0.05) is 0 Å². The number of nitrogens with zero attached hydrogens (tertiary/aromatic N) is 1. The Labute approximate surface area is 85.2 Å². The van der Waals surface area contributed by atoms with E-state index in [2.05, 4.69) is 0 Å². The molecule has 4 nitrogen and oxygen atoms in total. The molecule has 0 N–H and O–H groups in total. The largest absolute Gasteiger partial charge is 0.383 e. The van der Waals surface area contributed by atoms with Crippen LogP contribution >= 0.6 is 0 Å². The summed E-state index contributed by atoms with van der Waals surface area (Å²) in [6.45, 7) is 3.85. The van der Waals surface area contributed by atoms with Gasteiger partial charge in [0.05, 0.1) is 25.2 Å². The Balaban J connectivity index is 2.42. The number of hydrogen-bond acceptors (Lipinski definition) is 3. The summed E-state index contributed by atoms with van der Waals surface area (Å²) in [6.07, 6.45) is 0.850. The van der Waals surface area contributed by atoms with E-state index in [4.69, 9.17) is 9.47 Å². The molecule has 0 aliphatic carbocycles. The van der Waals surface area contributed by atoms with Gasteiger partial charge in [-0.3, -0.25) is 4.79 Å². The summed E-state index contributed by atoms with van der Waals surface area (Å²) in [7, 11) is 3.47. The number of carbonyl (C=O) groups excluding carboxylic acids is 1. The minimum absolute atomic E-state index is 0.0549. The molecule has 1 fully saturated rings. The Kier molecular flexibility index (Phi) is 4.35. The molecule has 0 aromatic heterocycles. The maximum absolute atomic E-state index is 11.9. The molecule has 2 unspecified atom stereocenters. The molecular weight excluding hydrogens is 182 g/mol. The molecule has 1 aliphatic heterocycles. The van der Waals surface area contributed by atoms with Crippen LogP contribution in [0.2, 0.25) is 0 Å². The van der Waals surface area contributed by atoms with Crippen molar-refractivity contribution in [2.24, 2.45) is 5.92 Å². The predicted molar refractivity (Wildman–Crippen MR) is 53.0 cm³/mol. The molecule has 82 valence electrons. The number of hydrogen-bond donors (Lipinski definition) is 0. The minimum Gasteiger partial charge on any atom is -0.383 e. The molecule has 0 aromatic carbocycles. The van der Waals surface area contributed by atoms with Gasteiger partial charge in [-0.2, -0.15) is 0 Å². The van der Waals surface area contributed by atoms with Crippen LogP contribution in [0.3, 0.4) is 0 Å². The number of carbonyl (C=O) groups is 1. The van der Waals surface area contributed by atoms with Gasteiger partial charge in [0, 0.05) is 20.8 Å². The number of amides is 1. The molecule has 0 spiro atoms. The first kappa shape index (κ1) is 11.5. The molecule has 14 heavy (non-hydrogen) atoms. The van der Waals surface area contributed by atoms with Crippen LogP contribution in [0.1, 0.15) is 13.3 Å². The van der Waals surface area contributed by atoms with E-state index in [0.29, 0.717) is 19.8 Å². The first-order chi connectivity index (χ1) is 6.66. The van der Waals surface area contributed by atoms with E-state index < -0.39 is 0 Å². The number of methoxy groups -OCH3 is 1. The van der Waals surface area contributed by atoms with E-state index in [1.54, 1.807) is 12.0 Å². The van der Waals surface area contributed by atoms with Gasteiger partial charge in [-0.05, 0) is 13.3 Å². The van der Waals surface area contributed by atoms with Gasteiger partial charge in [0.25, 0.3) is 0 Å².